The van der Waals surface area contributed by atoms with Crippen molar-refractivity contribution in [2.45, 2.75) is 19.9 Å². The lowest BCUT2D eigenvalue weighted by molar-refractivity contribution is 0.102. The van der Waals surface area contributed by atoms with Crippen LogP contribution in [0.5, 0.6) is 0 Å². The summed E-state index contributed by atoms with van der Waals surface area (Å²) in [6.45, 7) is 2.44. The number of aromatic nitrogens is 2. The standard InChI is InChI=1S/C22H19N3O2/c1-2-14-25-22(27)18-12-6-5-11-17(18)20(24-25)21(26)23-19-13-7-9-15-8-3-4-10-16(15)19/h3-13H,2,14H2,1H3,(H,23,26). The lowest BCUT2D eigenvalue weighted by Crippen LogP contribution is -2.27. The Labute approximate surface area is 156 Å². The highest BCUT2D eigenvalue weighted by Crippen LogP contribution is 2.24. The van der Waals surface area contributed by atoms with Gasteiger partial charge in [-0.2, -0.15) is 5.10 Å². The Morgan fingerprint density at radius 2 is 1.59 bits per heavy atom. The Morgan fingerprint density at radius 3 is 2.37 bits per heavy atom. The van der Waals surface area contributed by atoms with Crippen molar-refractivity contribution in [3.63, 3.8) is 0 Å². The Kier molecular flexibility index (Phi) is 4.42. The lowest BCUT2D eigenvalue weighted by atomic mass is 10.1. The van der Waals surface area contributed by atoms with E-state index in [1.54, 1.807) is 18.2 Å². The fourth-order valence-corrected chi connectivity index (χ4v) is 3.28. The van der Waals surface area contributed by atoms with E-state index in [0.29, 0.717) is 17.3 Å². The van der Waals surface area contributed by atoms with Gasteiger partial charge in [0.1, 0.15) is 0 Å². The first-order chi connectivity index (χ1) is 13.2. The molecule has 0 saturated heterocycles. The highest BCUT2D eigenvalue weighted by molar-refractivity contribution is 6.13. The van der Waals surface area contributed by atoms with Crippen molar-refractivity contribution in [2.75, 3.05) is 5.32 Å². The molecule has 0 aliphatic heterocycles. The number of fused-ring (bicyclic) bond motifs is 2. The summed E-state index contributed by atoms with van der Waals surface area (Å²) in [5.74, 6) is -0.326. The molecule has 0 unspecified atom stereocenters. The van der Waals surface area contributed by atoms with E-state index >= 15 is 0 Å². The van der Waals surface area contributed by atoms with Crippen LogP contribution in [0, 0.1) is 0 Å². The molecule has 3 aromatic carbocycles. The zero-order chi connectivity index (χ0) is 18.8. The molecule has 1 amide bonds. The van der Waals surface area contributed by atoms with Gasteiger partial charge in [0.05, 0.1) is 5.39 Å². The van der Waals surface area contributed by atoms with Crippen LogP contribution in [-0.4, -0.2) is 15.7 Å². The minimum Gasteiger partial charge on any atom is -0.320 e. The Morgan fingerprint density at radius 1 is 0.926 bits per heavy atom. The van der Waals surface area contributed by atoms with E-state index in [9.17, 15) is 9.59 Å². The van der Waals surface area contributed by atoms with Crippen molar-refractivity contribution in [2.24, 2.45) is 0 Å². The van der Waals surface area contributed by atoms with Crippen LogP contribution in [0.1, 0.15) is 23.8 Å². The second kappa shape index (κ2) is 7.03. The fourth-order valence-electron chi connectivity index (χ4n) is 3.28. The molecule has 0 radical (unpaired) electrons. The summed E-state index contributed by atoms with van der Waals surface area (Å²) < 4.78 is 1.38. The number of aryl methyl sites for hydroxylation is 1. The summed E-state index contributed by atoms with van der Waals surface area (Å²) in [6.07, 6.45) is 0.760. The number of hydrogen-bond donors (Lipinski definition) is 1. The Bertz CT molecular complexity index is 1210. The van der Waals surface area contributed by atoms with E-state index < -0.39 is 0 Å². The van der Waals surface area contributed by atoms with Gasteiger partial charge in [-0.3, -0.25) is 9.59 Å². The predicted molar refractivity (Wildman–Crippen MR) is 108 cm³/mol. The summed E-state index contributed by atoms with van der Waals surface area (Å²) >= 11 is 0. The zero-order valence-corrected chi connectivity index (χ0v) is 15.0. The average Bonchev–Trinajstić information content (AvgIpc) is 2.70. The number of carbonyl (C=O) groups excluding carboxylic acids is 1. The highest BCUT2D eigenvalue weighted by Gasteiger charge is 2.17. The van der Waals surface area contributed by atoms with Gasteiger partial charge in [-0.15, -0.1) is 0 Å². The third kappa shape index (κ3) is 3.08. The predicted octanol–water partition coefficient (Wildman–Crippen LogP) is 4.21. The molecule has 0 aliphatic carbocycles. The van der Waals surface area contributed by atoms with Crippen LogP contribution in [0.4, 0.5) is 5.69 Å². The topological polar surface area (TPSA) is 64.0 Å². The molecule has 4 aromatic rings. The molecule has 1 heterocycles. The summed E-state index contributed by atoms with van der Waals surface area (Å²) in [5.41, 5.74) is 0.804. The third-order valence-corrected chi connectivity index (χ3v) is 4.56. The summed E-state index contributed by atoms with van der Waals surface area (Å²) in [6, 6.07) is 20.7. The normalized spacial score (nSPS) is 11.0. The van der Waals surface area contributed by atoms with Gasteiger partial charge < -0.3 is 5.32 Å². The molecular weight excluding hydrogens is 338 g/mol. The molecule has 0 aliphatic rings. The summed E-state index contributed by atoms with van der Waals surface area (Å²) in [7, 11) is 0. The zero-order valence-electron chi connectivity index (χ0n) is 15.0. The quantitative estimate of drug-likeness (QED) is 0.595. The summed E-state index contributed by atoms with van der Waals surface area (Å²) in [4.78, 5) is 25.6. The molecule has 5 nitrogen and oxygen atoms in total. The smallest absolute Gasteiger partial charge is 0.276 e. The summed E-state index contributed by atoms with van der Waals surface area (Å²) in [5, 5.41) is 10.4. The van der Waals surface area contributed by atoms with Crippen LogP contribution in [-0.2, 0) is 6.54 Å². The average molecular weight is 357 g/mol. The number of hydrogen-bond acceptors (Lipinski definition) is 3. The number of benzene rings is 3. The van der Waals surface area contributed by atoms with Crippen molar-refractivity contribution >= 4 is 33.1 Å². The Hall–Kier alpha value is -3.47. The molecule has 134 valence electrons. The maximum Gasteiger partial charge on any atom is 0.276 e. The van der Waals surface area contributed by atoms with Crippen molar-refractivity contribution in [1.82, 2.24) is 9.78 Å². The van der Waals surface area contributed by atoms with Crippen molar-refractivity contribution < 1.29 is 4.79 Å². The minimum absolute atomic E-state index is 0.172. The van der Waals surface area contributed by atoms with Crippen LogP contribution in [0.25, 0.3) is 21.5 Å². The van der Waals surface area contributed by atoms with Gasteiger partial charge in [0.2, 0.25) is 0 Å². The fraction of sp³-hybridized carbons (Fsp3) is 0.136. The molecular formula is C22H19N3O2. The van der Waals surface area contributed by atoms with Gasteiger partial charge in [0.25, 0.3) is 11.5 Å². The number of nitrogens with zero attached hydrogens (tertiary/aromatic N) is 2. The molecule has 0 bridgehead atoms. The van der Waals surface area contributed by atoms with Gasteiger partial charge in [-0.1, -0.05) is 61.5 Å². The van der Waals surface area contributed by atoms with Crippen LogP contribution in [0.3, 0.4) is 0 Å². The van der Waals surface area contributed by atoms with Crippen LogP contribution in [0.15, 0.2) is 71.5 Å². The van der Waals surface area contributed by atoms with Gasteiger partial charge in [-0.05, 0) is 23.9 Å². The lowest BCUT2D eigenvalue weighted by Gasteiger charge is -2.12. The van der Waals surface area contributed by atoms with Crippen LogP contribution >= 0.6 is 0 Å². The molecule has 0 fully saturated rings. The van der Waals surface area contributed by atoms with Crippen molar-refractivity contribution in [1.29, 1.82) is 0 Å². The van der Waals surface area contributed by atoms with Gasteiger partial charge in [0.15, 0.2) is 5.69 Å². The van der Waals surface area contributed by atoms with E-state index in [1.807, 2.05) is 55.5 Å². The van der Waals surface area contributed by atoms with Gasteiger partial charge in [0, 0.05) is 23.0 Å². The van der Waals surface area contributed by atoms with Crippen molar-refractivity contribution in [3.8, 4) is 0 Å². The maximum atomic E-state index is 13.1. The first-order valence-corrected chi connectivity index (χ1v) is 8.98. The molecule has 0 atom stereocenters. The molecule has 5 heteroatoms. The van der Waals surface area contributed by atoms with Crippen LogP contribution in [0.2, 0.25) is 0 Å². The van der Waals surface area contributed by atoms with E-state index in [0.717, 1.165) is 22.9 Å². The van der Waals surface area contributed by atoms with Crippen molar-refractivity contribution in [3.05, 3.63) is 82.8 Å². The first kappa shape index (κ1) is 17.0. The number of rotatable bonds is 4. The van der Waals surface area contributed by atoms with E-state index in [4.69, 9.17) is 0 Å². The number of anilines is 1. The number of amides is 1. The molecule has 27 heavy (non-hydrogen) atoms. The first-order valence-electron chi connectivity index (χ1n) is 8.98. The number of carbonyl (C=O) groups is 1. The third-order valence-electron chi connectivity index (χ3n) is 4.56. The van der Waals surface area contributed by atoms with E-state index in [-0.39, 0.29) is 17.2 Å². The maximum absolute atomic E-state index is 13.1. The van der Waals surface area contributed by atoms with E-state index in [1.165, 1.54) is 4.68 Å². The molecule has 0 saturated carbocycles. The molecule has 4 rings (SSSR count). The SMILES string of the molecule is CCCn1nc(C(=O)Nc2cccc3ccccc23)c2ccccc2c1=O. The molecule has 0 spiro atoms. The highest BCUT2D eigenvalue weighted by atomic mass is 16.2. The Balaban J connectivity index is 1.83. The molecule has 1 aromatic heterocycles. The van der Waals surface area contributed by atoms with Crippen LogP contribution < -0.4 is 10.9 Å². The van der Waals surface area contributed by atoms with Gasteiger partial charge >= 0.3 is 0 Å². The van der Waals surface area contributed by atoms with Gasteiger partial charge in [-0.25, -0.2) is 4.68 Å². The molecule has 1 N–H and O–H groups in total. The minimum atomic E-state index is -0.326. The second-order valence-electron chi connectivity index (χ2n) is 6.40. The second-order valence-corrected chi connectivity index (χ2v) is 6.40. The number of nitrogens with one attached hydrogen (secondary N) is 1. The van der Waals surface area contributed by atoms with E-state index in [2.05, 4.69) is 10.4 Å². The monoisotopic (exact) mass is 357 g/mol. The largest absolute Gasteiger partial charge is 0.320 e.